The average molecular weight is 641 g/mol. The zero-order valence-electron chi connectivity index (χ0n) is 27.1. The van der Waals surface area contributed by atoms with Crippen molar-refractivity contribution in [3.05, 3.63) is 121 Å². The molecule has 0 bridgehead atoms. The van der Waals surface area contributed by atoms with Gasteiger partial charge >= 0.3 is 0 Å². The van der Waals surface area contributed by atoms with E-state index in [9.17, 15) is 0 Å². The zero-order valence-corrected chi connectivity index (χ0v) is 27.1. The van der Waals surface area contributed by atoms with Crippen LogP contribution >= 0.6 is 0 Å². The monoisotopic (exact) mass is 640 g/mol. The Morgan fingerprint density at radius 2 is 0.667 bits per heavy atom. The van der Waals surface area contributed by atoms with Crippen molar-refractivity contribution in [1.29, 1.82) is 0 Å². The molecule has 0 atom stereocenters. The third-order valence-corrected chi connectivity index (χ3v) is 8.49. The van der Waals surface area contributed by atoms with Crippen LogP contribution in [0, 0.1) is 0 Å². The second kappa shape index (κ2) is 15.9. The Morgan fingerprint density at radius 3 is 1.06 bits per heavy atom. The first-order valence-electron chi connectivity index (χ1n) is 16.7. The van der Waals surface area contributed by atoms with Gasteiger partial charge in [0.15, 0.2) is 0 Å². The maximum atomic E-state index is 6.85. The van der Waals surface area contributed by atoms with Gasteiger partial charge < -0.3 is 28.4 Å². The number of benzene rings is 6. The minimum absolute atomic E-state index is 0.370. The van der Waals surface area contributed by atoms with Crippen LogP contribution in [0.3, 0.4) is 0 Å². The molecule has 244 valence electrons. The number of rotatable bonds is 2. The first kappa shape index (κ1) is 31.9. The summed E-state index contributed by atoms with van der Waals surface area (Å²) in [6, 6.07) is 42.4. The van der Waals surface area contributed by atoms with Gasteiger partial charge in [-0.2, -0.15) is 0 Å². The van der Waals surface area contributed by atoms with Crippen LogP contribution < -0.4 is 9.47 Å². The lowest BCUT2D eigenvalue weighted by molar-refractivity contribution is -0.00701. The number of hydrogen-bond acceptors (Lipinski definition) is 6. The van der Waals surface area contributed by atoms with E-state index in [1.54, 1.807) is 0 Å². The van der Waals surface area contributed by atoms with Gasteiger partial charge in [-0.1, -0.05) is 109 Å². The highest BCUT2D eigenvalue weighted by Gasteiger charge is 2.25. The Morgan fingerprint density at radius 1 is 0.333 bits per heavy atom. The highest BCUT2D eigenvalue weighted by Crippen LogP contribution is 2.52. The summed E-state index contributed by atoms with van der Waals surface area (Å²) in [4.78, 5) is 0. The molecule has 7 rings (SSSR count). The molecule has 1 heterocycles. The highest BCUT2D eigenvalue weighted by molar-refractivity contribution is 6.14. The Hall–Kier alpha value is -4.72. The predicted octanol–water partition coefficient (Wildman–Crippen LogP) is 8.83. The summed E-state index contributed by atoms with van der Waals surface area (Å²) >= 11 is 0. The second-order valence-corrected chi connectivity index (χ2v) is 11.6. The van der Waals surface area contributed by atoms with E-state index in [1.165, 1.54) is 0 Å². The molecule has 0 saturated heterocycles. The molecule has 6 nitrogen and oxygen atoms in total. The predicted molar refractivity (Wildman–Crippen MR) is 192 cm³/mol. The van der Waals surface area contributed by atoms with Crippen LogP contribution in [0.15, 0.2) is 121 Å². The Bertz CT molecular complexity index is 1800. The molecule has 6 aromatic carbocycles. The maximum absolute atomic E-state index is 6.85. The van der Waals surface area contributed by atoms with Crippen molar-refractivity contribution in [3.8, 4) is 44.9 Å². The van der Waals surface area contributed by atoms with Crippen LogP contribution in [0.1, 0.15) is 0 Å². The van der Waals surface area contributed by atoms with Gasteiger partial charge in [0, 0.05) is 22.3 Å². The van der Waals surface area contributed by atoms with Crippen LogP contribution in [0.5, 0.6) is 11.5 Å². The van der Waals surface area contributed by atoms with Gasteiger partial charge in [0.25, 0.3) is 0 Å². The molecule has 6 aromatic rings. The van der Waals surface area contributed by atoms with Crippen LogP contribution in [-0.2, 0) is 18.9 Å². The van der Waals surface area contributed by atoms with Gasteiger partial charge in [0.1, 0.15) is 24.7 Å². The van der Waals surface area contributed by atoms with E-state index in [0.29, 0.717) is 66.1 Å². The van der Waals surface area contributed by atoms with Gasteiger partial charge in [-0.05, 0) is 44.8 Å². The SMILES string of the molecule is c1ccc(-c2cc3ccccc3c3c2OCCOCCOCCOCCOCCOc2c(-c4ccccc4)cc4ccccc4c2-3)cc1. The molecule has 0 spiro atoms. The molecule has 1 aliphatic heterocycles. The van der Waals surface area contributed by atoms with Crippen molar-refractivity contribution >= 4 is 21.5 Å². The molecular weight excluding hydrogens is 600 g/mol. The van der Waals surface area contributed by atoms with Crippen LogP contribution in [0.2, 0.25) is 0 Å². The fraction of sp³-hybridized carbons (Fsp3) is 0.238. The van der Waals surface area contributed by atoms with Crippen molar-refractivity contribution in [2.45, 2.75) is 0 Å². The Kier molecular flexibility index (Phi) is 10.6. The summed E-state index contributed by atoms with van der Waals surface area (Å²) in [5, 5.41) is 4.39. The van der Waals surface area contributed by atoms with E-state index < -0.39 is 0 Å². The minimum Gasteiger partial charge on any atom is -0.490 e. The van der Waals surface area contributed by atoms with Crippen molar-refractivity contribution in [2.75, 3.05) is 66.1 Å². The van der Waals surface area contributed by atoms with Crippen molar-refractivity contribution in [1.82, 2.24) is 0 Å². The largest absolute Gasteiger partial charge is 0.490 e. The summed E-state index contributed by atoms with van der Waals surface area (Å²) in [7, 11) is 0. The summed E-state index contributed by atoms with van der Waals surface area (Å²) in [6.45, 7) is 4.55. The van der Waals surface area contributed by atoms with Crippen molar-refractivity contribution in [2.24, 2.45) is 0 Å². The van der Waals surface area contributed by atoms with E-state index in [-0.39, 0.29) is 0 Å². The smallest absolute Gasteiger partial charge is 0.135 e. The average Bonchev–Trinajstić information content (AvgIpc) is 3.14. The summed E-state index contributed by atoms with van der Waals surface area (Å²) < 4.78 is 36.9. The lowest BCUT2D eigenvalue weighted by Crippen LogP contribution is -2.15. The topological polar surface area (TPSA) is 55.4 Å². The Balaban J connectivity index is 1.49. The first-order chi connectivity index (χ1) is 23.9. The fourth-order valence-electron chi connectivity index (χ4n) is 6.28. The maximum Gasteiger partial charge on any atom is 0.135 e. The van der Waals surface area contributed by atoms with Gasteiger partial charge in [-0.25, -0.2) is 0 Å². The first-order valence-corrected chi connectivity index (χ1v) is 16.7. The highest BCUT2D eigenvalue weighted by atomic mass is 16.6. The molecule has 0 aromatic heterocycles. The van der Waals surface area contributed by atoms with Crippen LogP contribution in [0.25, 0.3) is 54.9 Å². The fourth-order valence-corrected chi connectivity index (χ4v) is 6.28. The molecule has 0 amide bonds. The third-order valence-electron chi connectivity index (χ3n) is 8.49. The summed E-state index contributed by atoms with van der Waals surface area (Å²) in [6.07, 6.45) is 0. The van der Waals surface area contributed by atoms with E-state index in [0.717, 1.165) is 66.4 Å². The van der Waals surface area contributed by atoms with E-state index in [1.807, 2.05) is 12.1 Å². The van der Waals surface area contributed by atoms with Crippen LogP contribution in [-0.4, -0.2) is 66.1 Å². The summed E-state index contributed by atoms with van der Waals surface area (Å²) in [5.74, 6) is 1.59. The molecule has 0 aliphatic carbocycles. The molecule has 6 heteroatoms. The van der Waals surface area contributed by atoms with E-state index >= 15 is 0 Å². The molecule has 48 heavy (non-hydrogen) atoms. The normalized spacial score (nSPS) is 15.5. The molecule has 0 saturated carbocycles. The van der Waals surface area contributed by atoms with E-state index in [4.69, 9.17) is 28.4 Å². The molecule has 0 fully saturated rings. The number of hydrogen-bond donors (Lipinski definition) is 0. The van der Waals surface area contributed by atoms with Gasteiger partial charge in [-0.3, -0.25) is 0 Å². The standard InChI is InChI=1S/C42H40O6/c1-3-11-31(12-4-1)37-29-33-15-7-9-17-35(33)39-40-36-18-10-8-16-34(36)30-38(32-13-5-2-6-14-32)42(40)48-28-26-46-24-22-44-20-19-43-21-23-45-25-27-47-41(37)39/h1-18,29-30H,19-28H2. The van der Waals surface area contributed by atoms with Gasteiger partial charge in [-0.15, -0.1) is 0 Å². The molecular formula is C42H40O6. The third kappa shape index (κ3) is 7.23. The molecule has 1 aliphatic rings. The number of ether oxygens (including phenoxy) is 6. The molecule has 0 radical (unpaired) electrons. The van der Waals surface area contributed by atoms with Crippen LogP contribution in [0.4, 0.5) is 0 Å². The molecule has 0 N–H and O–H groups in total. The number of fused-ring (bicyclic) bond motifs is 7. The second-order valence-electron chi connectivity index (χ2n) is 11.6. The lowest BCUT2D eigenvalue weighted by atomic mass is 9.86. The zero-order chi connectivity index (χ0) is 32.4. The van der Waals surface area contributed by atoms with E-state index in [2.05, 4.69) is 109 Å². The van der Waals surface area contributed by atoms with Crippen molar-refractivity contribution < 1.29 is 28.4 Å². The summed E-state index contributed by atoms with van der Waals surface area (Å²) in [5.41, 5.74) is 6.15. The van der Waals surface area contributed by atoms with Gasteiger partial charge in [0.05, 0.1) is 52.9 Å². The quantitative estimate of drug-likeness (QED) is 0.189. The van der Waals surface area contributed by atoms with Gasteiger partial charge in [0.2, 0.25) is 0 Å². The molecule has 0 unspecified atom stereocenters. The Labute approximate surface area is 281 Å². The minimum atomic E-state index is 0.370. The lowest BCUT2D eigenvalue weighted by Gasteiger charge is -2.24. The van der Waals surface area contributed by atoms with Crippen molar-refractivity contribution in [3.63, 3.8) is 0 Å².